The maximum Gasteiger partial charge on any atom is 0.216 e. The zero-order valence-corrected chi connectivity index (χ0v) is 12.9. The Balaban J connectivity index is 1.96. The number of hydrogen-bond donors (Lipinski definition) is 0. The molecule has 1 aliphatic heterocycles. The molecule has 0 aliphatic carbocycles. The minimum absolute atomic E-state index is 0.141. The monoisotopic (exact) mass is 298 g/mol. The predicted octanol–water partition coefficient (Wildman–Crippen LogP) is 2.46. The summed E-state index contributed by atoms with van der Waals surface area (Å²) in [4.78, 5) is 19.0. The lowest BCUT2D eigenvalue weighted by Crippen LogP contribution is -2.28. The van der Waals surface area contributed by atoms with E-state index in [1.54, 1.807) is 25.3 Å². The van der Waals surface area contributed by atoms with Gasteiger partial charge in [-0.05, 0) is 31.2 Å². The molecule has 3 rings (SSSR count). The first-order valence-corrected chi connectivity index (χ1v) is 7.14. The number of pyridine rings is 1. The van der Waals surface area contributed by atoms with E-state index in [1.165, 1.54) is 0 Å². The number of likely N-dealkylation sites (N-methyl/N-ethyl adjacent to an activating group) is 1. The average molecular weight is 298 g/mol. The molecule has 0 N–H and O–H groups in total. The van der Waals surface area contributed by atoms with Crippen LogP contribution in [0.4, 0.5) is 5.69 Å². The van der Waals surface area contributed by atoms with Gasteiger partial charge in [-0.1, -0.05) is 6.07 Å². The van der Waals surface area contributed by atoms with Crippen LogP contribution in [0.2, 0.25) is 0 Å². The van der Waals surface area contributed by atoms with Crippen molar-refractivity contribution in [3.05, 3.63) is 47.2 Å². The van der Waals surface area contributed by atoms with Crippen LogP contribution in [-0.2, 0) is 0 Å². The van der Waals surface area contributed by atoms with Gasteiger partial charge in [0.1, 0.15) is 18.1 Å². The molecule has 114 valence electrons. The van der Waals surface area contributed by atoms with E-state index in [9.17, 15) is 4.79 Å². The minimum atomic E-state index is -0.141. The van der Waals surface area contributed by atoms with Crippen LogP contribution in [0.3, 0.4) is 0 Å². The highest BCUT2D eigenvalue weighted by atomic mass is 16.5. The van der Waals surface area contributed by atoms with Crippen molar-refractivity contribution in [3.8, 4) is 11.6 Å². The molecule has 0 atom stereocenters. The summed E-state index contributed by atoms with van der Waals surface area (Å²) in [5.41, 5.74) is 2.82. The van der Waals surface area contributed by atoms with E-state index in [4.69, 9.17) is 9.47 Å². The van der Waals surface area contributed by atoms with Crippen molar-refractivity contribution in [1.29, 1.82) is 0 Å². The van der Waals surface area contributed by atoms with Crippen molar-refractivity contribution in [2.75, 3.05) is 32.2 Å². The molecule has 0 bridgehead atoms. The highest BCUT2D eigenvalue weighted by Crippen LogP contribution is 2.32. The Bertz CT molecular complexity index is 728. The Morgan fingerprint density at radius 1 is 1.32 bits per heavy atom. The highest BCUT2D eigenvalue weighted by molar-refractivity contribution is 6.08. The number of ether oxygens (including phenoxy) is 2. The van der Waals surface area contributed by atoms with E-state index in [0.717, 1.165) is 23.5 Å². The molecule has 0 amide bonds. The molecule has 2 heterocycles. The van der Waals surface area contributed by atoms with Gasteiger partial charge in [0.05, 0.1) is 19.3 Å². The normalized spacial score (nSPS) is 13.3. The lowest BCUT2D eigenvalue weighted by Gasteiger charge is -2.27. The van der Waals surface area contributed by atoms with E-state index >= 15 is 0 Å². The Kier molecular flexibility index (Phi) is 3.71. The third-order valence-corrected chi connectivity index (χ3v) is 3.79. The molecule has 0 radical (unpaired) electrons. The molecule has 0 unspecified atom stereocenters. The number of carbonyl (C=O) groups is 1. The number of aromatic nitrogens is 1. The number of nitrogens with zero attached hydrogens (tertiary/aromatic N) is 2. The van der Waals surface area contributed by atoms with Gasteiger partial charge in [-0.25, -0.2) is 4.98 Å². The SMILES string of the molecule is COc1nc(C(=O)c2ccc3c(c2)OCCN3C)ccc1C. The Morgan fingerprint density at radius 3 is 2.91 bits per heavy atom. The number of hydrogen-bond acceptors (Lipinski definition) is 5. The minimum Gasteiger partial charge on any atom is -0.490 e. The molecule has 5 heteroatoms. The van der Waals surface area contributed by atoms with Crippen LogP contribution in [0, 0.1) is 6.92 Å². The van der Waals surface area contributed by atoms with Crippen molar-refractivity contribution in [2.24, 2.45) is 0 Å². The van der Waals surface area contributed by atoms with Gasteiger partial charge in [0, 0.05) is 18.2 Å². The quantitative estimate of drug-likeness (QED) is 0.815. The second kappa shape index (κ2) is 5.67. The fourth-order valence-electron chi connectivity index (χ4n) is 2.49. The van der Waals surface area contributed by atoms with Crippen LogP contribution in [0.15, 0.2) is 30.3 Å². The number of fused-ring (bicyclic) bond motifs is 1. The first kappa shape index (κ1) is 14.4. The van der Waals surface area contributed by atoms with E-state index in [-0.39, 0.29) is 5.78 Å². The predicted molar refractivity (Wildman–Crippen MR) is 84.2 cm³/mol. The summed E-state index contributed by atoms with van der Waals surface area (Å²) in [6, 6.07) is 9.04. The first-order chi connectivity index (χ1) is 10.6. The van der Waals surface area contributed by atoms with Crippen LogP contribution < -0.4 is 14.4 Å². The second-order valence-electron chi connectivity index (χ2n) is 5.30. The summed E-state index contributed by atoms with van der Waals surface area (Å²) in [6.45, 7) is 3.36. The van der Waals surface area contributed by atoms with Gasteiger partial charge in [-0.2, -0.15) is 0 Å². The number of methoxy groups -OCH3 is 1. The van der Waals surface area contributed by atoms with Gasteiger partial charge >= 0.3 is 0 Å². The summed E-state index contributed by atoms with van der Waals surface area (Å²) < 4.78 is 10.8. The second-order valence-corrected chi connectivity index (χ2v) is 5.30. The largest absolute Gasteiger partial charge is 0.490 e. The molecular weight excluding hydrogens is 280 g/mol. The van der Waals surface area contributed by atoms with Crippen molar-refractivity contribution < 1.29 is 14.3 Å². The van der Waals surface area contributed by atoms with Crippen molar-refractivity contribution in [1.82, 2.24) is 4.98 Å². The van der Waals surface area contributed by atoms with Crippen LogP contribution in [0.1, 0.15) is 21.6 Å². The van der Waals surface area contributed by atoms with Crippen LogP contribution in [-0.4, -0.2) is 38.1 Å². The topological polar surface area (TPSA) is 51.7 Å². The molecule has 5 nitrogen and oxygen atoms in total. The maximum absolute atomic E-state index is 12.6. The van der Waals surface area contributed by atoms with Gasteiger partial charge in [0.2, 0.25) is 11.7 Å². The van der Waals surface area contributed by atoms with Gasteiger partial charge in [0.15, 0.2) is 0 Å². The van der Waals surface area contributed by atoms with E-state index in [2.05, 4.69) is 9.88 Å². The van der Waals surface area contributed by atoms with Crippen LogP contribution >= 0.6 is 0 Å². The smallest absolute Gasteiger partial charge is 0.216 e. The molecule has 1 aromatic carbocycles. The summed E-state index contributed by atoms with van der Waals surface area (Å²) in [6.07, 6.45) is 0. The zero-order chi connectivity index (χ0) is 15.7. The lowest BCUT2D eigenvalue weighted by atomic mass is 10.1. The zero-order valence-electron chi connectivity index (χ0n) is 12.9. The Hall–Kier alpha value is -2.56. The number of ketones is 1. The fraction of sp³-hybridized carbons (Fsp3) is 0.294. The van der Waals surface area contributed by atoms with E-state index in [0.29, 0.717) is 23.7 Å². The van der Waals surface area contributed by atoms with Crippen molar-refractivity contribution in [3.63, 3.8) is 0 Å². The van der Waals surface area contributed by atoms with Gasteiger partial charge in [-0.15, -0.1) is 0 Å². The molecular formula is C17H18N2O3. The first-order valence-electron chi connectivity index (χ1n) is 7.14. The molecule has 0 fully saturated rings. The number of carbonyl (C=O) groups excluding carboxylic acids is 1. The molecule has 22 heavy (non-hydrogen) atoms. The molecule has 0 saturated heterocycles. The van der Waals surface area contributed by atoms with Crippen LogP contribution in [0.5, 0.6) is 11.6 Å². The molecule has 2 aromatic rings. The van der Waals surface area contributed by atoms with Crippen molar-refractivity contribution >= 4 is 11.5 Å². The van der Waals surface area contributed by atoms with Gasteiger partial charge in [0.25, 0.3) is 0 Å². The van der Waals surface area contributed by atoms with E-state index < -0.39 is 0 Å². The molecule has 0 saturated carbocycles. The van der Waals surface area contributed by atoms with Crippen LogP contribution in [0.25, 0.3) is 0 Å². The standard InChI is InChI=1S/C17H18N2O3/c1-11-4-6-13(18-17(11)21-3)16(20)12-5-7-14-15(10-12)22-9-8-19(14)2/h4-7,10H,8-9H2,1-3H3. The third kappa shape index (κ3) is 2.50. The number of aryl methyl sites for hydroxylation is 1. The lowest BCUT2D eigenvalue weighted by molar-refractivity contribution is 0.103. The summed E-state index contributed by atoms with van der Waals surface area (Å²) >= 11 is 0. The molecule has 1 aromatic heterocycles. The Morgan fingerprint density at radius 2 is 2.14 bits per heavy atom. The van der Waals surface area contributed by atoms with Crippen molar-refractivity contribution in [2.45, 2.75) is 6.92 Å². The van der Waals surface area contributed by atoms with E-state index in [1.807, 2.05) is 26.1 Å². The average Bonchev–Trinajstić information content (AvgIpc) is 2.54. The summed E-state index contributed by atoms with van der Waals surface area (Å²) in [5.74, 6) is 1.07. The number of anilines is 1. The fourth-order valence-corrected chi connectivity index (χ4v) is 2.49. The van der Waals surface area contributed by atoms with Gasteiger partial charge in [-0.3, -0.25) is 4.79 Å². The molecule has 0 spiro atoms. The molecule has 1 aliphatic rings. The maximum atomic E-state index is 12.6. The summed E-state index contributed by atoms with van der Waals surface area (Å²) in [5, 5.41) is 0. The summed E-state index contributed by atoms with van der Waals surface area (Å²) in [7, 11) is 3.56. The Labute approximate surface area is 129 Å². The highest BCUT2D eigenvalue weighted by Gasteiger charge is 2.19. The van der Waals surface area contributed by atoms with Gasteiger partial charge < -0.3 is 14.4 Å². The third-order valence-electron chi connectivity index (χ3n) is 3.79. The number of rotatable bonds is 3. The number of benzene rings is 1.